The van der Waals surface area contributed by atoms with Crippen LogP contribution in [-0.2, 0) is 14.3 Å². The number of rotatable bonds is 5. The van der Waals surface area contributed by atoms with Gasteiger partial charge in [-0.2, -0.15) is 4.98 Å². The van der Waals surface area contributed by atoms with Crippen LogP contribution >= 0.6 is 0 Å². The molecule has 1 N–H and O–H groups in total. The Balaban J connectivity index is 1.71. The van der Waals surface area contributed by atoms with Crippen LogP contribution in [0, 0.1) is 12.3 Å². The molecule has 1 aromatic heterocycles. The number of hydrogen-bond acceptors (Lipinski definition) is 6. The minimum Gasteiger partial charge on any atom is -0.462 e. The van der Waals surface area contributed by atoms with Gasteiger partial charge in [-0.1, -0.05) is 24.1 Å². The van der Waals surface area contributed by atoms with E-state index in [1.54, 1.807) is 30.3 Å². The lowest BCUT2D eigenvalue weighted by molar-refractivity contribution is -0.149. The number of hydrogen-bond donors (Lipinski definition) is 1. The maximum Gasteiger partial charge on any atom is 0.351 e. The summed E-state index contributed by atoms with van der Waals surface area (Å²) in [6, 6.07) is 10.1. The summed E-state index contributed by atoms with van der Waals surface area (Å²) in [7, 11) is 0. The summed E-state index contributed by atoms with van der Waals surface area (Å²) >= 11 is 0. The molecule has 1 amide bonds. The van der Waals surface area contributed by atoms with E-state index in [0.29, 0.717) is 18.4 Å². The molecular formula is C20H19N3O5. The predicted octanol–water partition coefficient (Wildman–Crippen LogP) is 1.74. The Hall–Kier alpha value is -3.44. The molecule has 2 heterocycles. The molecule has 0 radical (unpaired) electrons. The molecule has 0 aliphatic carbocycles. The van der Waals surface area contributed by atoms with Gasteiger partial charge in [0.2, 0.25) is 0 Å². The summed E-state index contributed by atoms with van der Waals surface area (Å²) in [5.74, 6) is 1.83. The van der Waals surface area contributed by atoms with Crippen molar-refractivity contribution in [1.82, 2.24) is 9.55 Å². The molecule has 2 aromatic rings. The third kappa shape index (κ3) is 4.27. The van der Waals surface area contributed by atoms with Crippen molar-refractivity contribution in [2.45, 2.75) is 31.6 Å². The largest absolute Gasteiger partial charge is 0.462 e. The second-order valence-electron chi connectivity index (χ2n) is 6.35. The van der Waals surface area contributed by atoms with Crippen LogP contribution < -0.4 is 11.0 Å². The van der Waals surface area contributed by atoms with Crippen LogP contribution in [0.1, 0.15) is 36.4 Å². The first-order chi connectivity index (χ1) is 13.4. The highest BCUT2D eigenvalue weighted by molar-refractivity contribution is 6.03. The molecule has 0 unspecified atom stereocenters. The van der Waals surface area contributed by atoms with E-state index in [2.05, 4.69) is 16.2 Å². The third-order valence-corrected chi connectivity index (χ3v) is 4.35. The summed E-state index contributed by atoms with van der Waals surface area (Å²) in [6.07, 6.45) is 7.29. The van der Waals surface area contributed by atoms with E-state index in [4.69, 9.17) is 15.9 Å². The summed E-state index contributed by atoms with van der Waals surface area (Å²) in [6.45, 7) is 1.20. The van der Waals surface area contributed by atoms with E-state index < -0.39 is 23.5 Å². The Kier molecular flexibility index (Phi) is 5.57. The van der Waals surface area contributed by atoms with Gasteiger partial charge in [-0.25, -0.2) is 4.79 Å². The molecule has 0 spiro atoms. The highest BCUT2D eigenvalue weighted by Gasteiger charge is 2.41. The fraction of sp³-hybridized carbons (Fsp3) is 0.300. The highest BCUT2D eigenvalue weighted by atomic mass is 16.6. The van der Waals surface area contributed by atoms with Gasteiger partial charge in [0.15, 0.2) is 5.60 Å². The third-order valence-electron chi connectivity index (χ3n) is 4.35. The van der Waals surface area contributed by atoms with E-state index in [9.17, 15) is 14.4 Å². The van der Waals surface area contributed by atoms with Gasteiger partial charge in [0.25, 0.3) is 5.91 Å². The number of nitrogens with zero attached hydrogens (tertiary/aromatic N) is 2. The highest BCUT2D eigenvalue weighted by Crippen LogP contribution is 2.35. The molecular weight excluding hydrogens is 362 g/mol. The Labute approximate surface area is 161 Å². The predicted molar refractivity (Wildman–Crippen MR) is 100 cm³/mol. The monoisotopic (exact) mass is 381 g/mol. The maximum atomic E-state index is 12.4. The number of terminal acetylenes is 1. The van der Waals surface area contributed by atoms with E-state index in [1.807, 2.05) is 0 Å². The van der Waals surface area contributed by atoms with Gasteiger partial charge in [-0.05, 0) is 31.0 Å². The molecule has 144 valence electrons. The zero-order chi connectivity index (χ0) is 20.1. The molecule has 1 aromatic carbocycles. The van der Waals surface area contributed by atoms with Crippen molar-refractivity contribution < 1.29 is 19.1 Å². The summed E-state index contributed by atoms with van der Waals surface area (Å²) in [5.41, 5.74) is -1.20. The first kappa shape index (κ1) is 19.3. The van der Waals surface area contributed by atoms with Crippen molar-refractivity contribution in [2.75, 3.05) is 11.9 Å². The normalized spacial score (nSPS) is 20.9. The quantitative estimate of drug-likeness (QED) is 0.626. The van der Waals surface area contributed by atoms with Gasteiger partial charge in [0, 0.05) is 18.7 Å². The molecule has 1 aliphatic rings. The van der Waals surface area contributed by atoms with Crippen molar-refractivity contribution in [3.05, 3.63) is 58.6 Å². The van der Waals surface area contributed by atoms with Crippen LogP contribution in [0.2, 0.25) is 0 Å². The zero-order valence-electron chi connectivity index (χ0n) is 15.3. The number of anilines is 1. The fourth-order valence-electron chi connectivity index (χ4n) is 2.88. The average Bonchev–Trinajstić information content (AvgIpc) is 3.12. The van der Waals surface area contributed by atoms with Crippen LogP contribution in [0.5, 0.6) is 0 Å². The van der Waals surface area contributed by atoms with Gasteiger partial charge in [-0.15, -0.1) is 6.42 Å². The number of carbonyl (C=O) groups excluding carboxylic acids is 2. The molecule has 1 saturated heterocycles. The summed E-state index contributed by atoms with van der Waals surface area (Å²) in [5, 5.41) is 2.58. The van der Waals surface area contributed by atoms with E-state index in [1.165, 1.54) is 23.8 Å². The van der Waals surface area contributed by atoms with Gasteiger partial charge < -0.3 is 14.8 Å². The first-order valence-corrected chi connectivity index (χ1v) is 8.67. The summed E-state index contributed by atoms with van der Waals surface area (Å²) < 4.78 is 12.1. The number of aromatic nitrogens is 2. The lowest BCUT2D eigenvalue weighted by atomic mass is 10.0. The zero-order valence-corrected chi connectivity index (χ0v) is 15.3. The van der Waals surface area contributed by atoms with Gasteiger partial charge in [0.05, 0.1) is 0 Å². The molecule has 0 bridgehead atoms. The topological polar surface area (TPSA) is 99.5 Å². The molecule has 1 fully saturated rings. The summed E-state index contributed by atoms with van der Waals surface area (Å²) in [4.78, 5) is 39.5. The molecule has 8 heteroatoms. The van der Waals surface area contributed by atoms with Crippen molar-refractivity contribution in [3.63, 3.8) is 0 Å². The minimum absolute atomic E-state index is 0.0806. The molecule has 8 nitrogen and oxygen atoms in total. The van der Waals surface area contributed by atoms with Crippen LogP contribution in [-0.4, -0.2) is 33.6 Å². The number of carbonyl (C=O) groups is 2. The van der Waals surface area contributed by atoms with Crippen molar-refractivity contribution in [3.8, 4) is 12.3 Å². The van der Waals surface area contributed by atoms with E-state index >= 15 is 0 Å². The first-order valence-electron chi connectivity index (χ1n) is 8.67. The van der Waals surface area contributed by atoms with E-state index in [-0.39, 0.29) is 18.3 Å². The standard InChI is InChI=1S/C20H19N3O5/c1-3-20(13-27-14(2)24)11-9-17(28-20)23-12-10-16(22-19(23)26)21-18(25)15-7-5-4-6-8-15/h1,4-8,10,12,17H,9,11,13H2,2H3,(H,21,22,25,26)/t17-,20+/m0/s1. The second-order valence-corrected chi connectivity index (χ2v) is 6.35. The second kappa shape index (κ2) is 8.06. The smallest absolute Gasteiger partial charge is 0.351 e. The maximum absolute atomic E-state index is 12.4. The van der Waals surface area contributed by atoms with Crippen LogP contribution in [0.25, 0.3) is 0 Å². The Morgan fingerprint density at radius 1 is 1.39 bits per heavy atom. The SMILES string of the molecule is C#C[C@]1(COC(C)=O)CC[C@@H](n2ccc(NC(=O)c3ccccc3)nc2=O)O1. The van der Waals surface area contributed by atoms with Crippen molar-refractivity contribution in [2.24, 2.45) is 0 Å². The van der Waals surface area contributed by atoms with Crippen molar-refractivity contribution in [1.29, 1.82) is 0 Å². The van der Waals surface area contributed by atoms with Crippen LogP contribution in [0.15, 0.2) is 47.4 Å². The van der Waals surface area contributed by atoms with Crippen LogP contribution in [0.4, 0.5) is 5.82 Å². The molecule has 3 rings (SSSR count). The Bertz CT molecular complexity index is 979. The van der Waals surface area contributed by atoms with E-state index in [0.717, 1.165) is 0 Å². The number of ether oxygens (including phenoxy) is 2. The molecule has 1 aliphatic heterocycles. The number of esters is 1. The minimum atomic E-state index is -1.07. The Morgan fingerprint density at radius 3 is 2.79 bits per heavy atom. The fourth-order valence-corrected chi connectivity index (χ4v) is 2.88. The molecule has 0 saturated carbocycles. The Morgan fingerprint density at radius 2 is 2.14 bits per heavy atom. The average molecular weight is 381 g/mol. The number of amides is 1. The molecule has 28 heavy (non-hydrogen) atoms. The van der Waals surface area contributed by atoms with Gasteiger partial charge in [-0.3, -0.25) is 14.2 Å². The lowest BCUT2D eigenvalue weighted by Gasteiger charge is -2.23. The number of benzene rings is 1. The molecule has 2 atom stereocenters. The number of nitrogens with one attached hydrogen (secondary N) is 1. The van der Waals surface area contributed by atoms with Crippen LogP contribution in [0.3, 0.4) is 0 Å². The van der Waals surface area contributed by atoms with Gasteiger partial charge in [0.1, 0.15) is 18.7 Å². The van der Waals surface area contributed by atoms with Gasteiger partial charge >= 0.3 is 11.7 Å². The van der Waals surface area contributed by atoms with Crippen molar-refractivity contribution >= 4 is 17.7 Å². The lowest BCUT2D eigenvalue weighted by Crippen LogP contribution is -2.35.